The molecule has 0 heterocycles. The largest absolute Gasteiger partial charge is 0.495 e. The summed E-state index contributed by atoms with van der Waals surface area (Å²) in [6.07, 6.45) is 0. The lowest BCUT2D eigenvalue weighted by Crippen LogP contribution is -2.34. The Morgan fingerprint density at radius 3 is 2.19 bits per heavy atom. The molecule has 8 nitrogen and oxygen atoms in total. The Bertz CT molecular complexity index is 1040. The molecule has 2 rings (SSSR count). The lowest BCUT2D eigenvalue weighted by molar-refractivity contribution is -0.115. The summed E-state index contributed by atoms with van der Waals surface area (Å²) < 4.78 is 32.3. The highest BCUT2D eigenvalue weighted by Crippen LogP contribution is 2.28. The van der Waals surface area contributed by atoms with Crippen molar-refractivity contribution in [2.24, 2.45) is 0 Å². The number of sulfonamides is 1. The highest BCUT2D eigenvalue weighted by molar-refractivity contribution is 7.89. The fourth-order valence-electron chi connectivity index (χ4n) is 3.18. The van der Waals surface area contributed by atoms with E-state index in [1.807, 2.05) is 32.0 Å². The summed E-state index contributed by atoms with van der Waals surface area (Å²) in [7, 11) is -2.46. The van der Waals surface area contributed by atoms with Gasteiger partial charge >= 0.3 is 0 Å². The van der Waals surface area contributed by atoms with Crippen molar-refractivity contribution >= 4 is 27.5 Å². The molecule has 0 aliphatic rings. The highest BCUT2D eigenvalue weighted by atomic mass is 32.2. The molecule has 0 atom stereocenters. The first kappa shape index (κ1) is 24.4. The maximum atomic E-state index is 12.9. The Kier molecular flexibility index (Phi) is 8.18. The van der Waals surface area contributed by atoms with Crippen molar-refractivity contribution in [1.82, 2.24) is 9.62 Å². The van der Waals surface area contributed by atoms with Crippen LogP contribution >= 0.6 is 0 Å². The molecule has 0 spiro atoms. The molecule has 2 N–H and O–H groups in total. The summed E-state index contributed by atoms with van der Waals surface area (Å²) in [5, 5.41) is 5.32. The number of aryl methyl sites for hydroxylation is 2. The molecule has 0 aliphatic heterocycles. The van der Waals surface area contributed by atoms with Crippen LogP contribution in [0.5, 0.6) is 5.75 Å². The molecule has 0 saturated heterocycles. The third-order valence-electron chi connectivity index (χ3n) is 4.90. The minimum absolute atomic E-state index is 0.0914. The van der Waals surface area contributed by atoms with Crippen LogP contribution in [-0.4, -0.2) is 51.3 Å². The number of carbonyl (C=O) groups is 2. The molecule has 0 unspecified atom stereocenters. The molecule has 0 saturated carbocycles. The zero-order valence-corrected chi connectivity index (χ0v) is 19.3. The minimum Gasteiger partial charge on any atom is -0.495 e. The van der Waals surface area contributed by atoms with Crippen molar-refractivity contribution in [3.63, 3.8) is 0 Å². The number of benzene rings is 2. The molecule has 2 aromatic rings. The number of anilines is 1. The van der Waals surface area contributed by atoms with E-state index in [1.165, 1.54) is 29.6 Å². The van der Waals surface area contributed by atoms with E-state index in [0.29, 0.717) is 5.69 Å². The van der Waals surface area contributed by atoms with E-state index < -0.39 is 15.9 Å². The molecule has 31 heavy (non-hydrogen) atoms. The van der Waals surface area contributed by atoms with Gasteiger partial charge in [0.2, 0.25) is 15.9 Å². The topological polar surface area (TPSA) is 105 Å². The molecule has 9 heteroatoms. The summed E-state index contributed by atoms with van der Waals surface area (Å²) in [4.78, 5) is 24.8. The molecule has 0 bridgehead atoms. The zero-order valence-electron chi connectivity index (χ0n) is 18.5. The fourth-order valence-corrected chi connectivity index (χ4v) is 4.82. The monoisotopic (exact) mass is 447 g/mol. The molecular formula is C22H29N3O5S. The van der Waals surface area contributed by atoms with Crippen LogP contribution in [0, 0.1) is 13.8 Å². The van der Waals surface area contributed by atoms with E-state index in [1.54, 1.807) is 13.8 Å². The van der Waals surface area contributed by atoms with Gasteiger partial charge in [-0.05, 0) is 43.2 Å². The van der Waals surface area contributed by atoms with Gasteiger partial charge in [0, 0.05) is 24.3 Å². The van der Waals surface area contributed by atoms with Gasteiger partial charge in [-0.25, -0.2) is 8.42 Å². The van der Waals surface area contributed by atoms with Crippen LogP contribution in [0.1, 0.15) is 35.3 Å². The smallest absolute Gasteiger partial charge is 0.251 e. The number of nitrogens with zero attached hydrogens (tertiary/aromatic N) is 1. The lowest BCUT2D eigenvalue weighted by Gasteiger charge is -2.20. The maximum absolute atomic E-state index is 12.9. The van der Waals surface area contributed by atoms with Crippen molar-refractivity contribution < 1.29 is 22.7 Å². The third-order valence-corrected chi connectivity index (χ3v) is 6.98. The van der Waals surface area contributed by atoms with Crippen LogP contribution in [0.2, 0.25) is 0 Å². The Labute approximate surface area is 183 Å². The van der Waals surface area contributed by atoms with E-state index in [4.69, 9.17) is 4.74 Å². The summed E-state index contributed by atoms with van der Waals surface area (Å²) >= 11 is 0. The normalized spacial score (nSPS) is 11.3. The van der Waals surface area contributed by atoms with Gasteiger partial charge in [0.1, 0.15) is 10.6 Å². The van der Waals surface area contributed by atoms with Gasteiger partial charge in [0.05, 0.1) is 13.7 Å². The molecule has 2 amide bonds. The van der Waals surface area contributed by atoms with E-state index in [0.717, 1.165) is 11.1 Å². The second kappa shape index (κ2) is 10.4. The Morgan fingerprint density at radius 1 is 1.03 bits per heavy atom. The number of hydrogen-bond donors (Lipinski definition) is 2. The van der Waals surface area contributed by atoms with Gasteiger partial charge < -0.3 is 15.4 Å². The van der Waals surface area contributed by atoms with Crippen LogP contribution in [0.15, 0.2) is 41.3 Å². The lowest BCUT2D eigenvalue weighted by atomic mass is 10.1. The molecule has 0 aromatic heterocycles. The summed E-state index contributed by atoms with van der Waals surface area (Å²) in [5.74, 6) is -0.790. The maximum Gasteiger partial charge on any atom is 0.251 e. The minimum atomic E-state index is -3.83. The van der Waals surface area contributed by atoms with Crippen LogP contribution in [-0.2, 0) is 14.8 Å². The highest BCUT2D eigenvalue weighted by Gasteiger charge is 2.27. The van der Waals surface area contributed by atoms with E-state index >= 15 is 0 Å². The number of para-hydroxylation sites is 1. The summed E-state index contributed by atoms with van der Waals surface area (Å²) in [5.41, 5.74) is 2.66. The standard InChI is InChI=1S/C22H29N3O5S/c1-6-25(7-2)31(28,29)19-13-17(11-12-18(19)30-5)22(27)23-14-20(26)24-21-15(3)9-8-10-16(21)4/h8-13H,6-7,14H2,1-5H3,(H,23,27)(H,24,26). The van der Waals surface area contributed by atoms with Gasteiger partial charge in [-0.15, -0.1) is 0 Å². The number of nitrogens with one attached hydrogen (secondary N) is 2. The second-order valence-corrected chi connectivity index (χ2v) is 8.86. The van der Waals surface area contributed by atoms with Crippen molar-refractivity contribution in [3.05, 3.63) is 53.1 Å². The summed E-state index contributed by atoms with van der Waals surface area (Å²) in [6.45, 7) is 7.56. The Hall–Kier alpha value is -2.91. The first-order valence-electron chi connectivity index (χ1n) is 9.98. The van der Waals surface area contributed by atoms with Gasteiger partial charge in [0.25, 0.3) is 5.91 Å². The molecule has 0 radical (unpaired) electrons. The third kappa shape index (κ3) is 5.62. The van der Waals surface area contributed by atoms with Gasteiger partial charge in [-0.3, -0.25) is 9.59 Å². The zero-order chi connectivity index (χ0) is 23.2. The predicted octanol–water partition coefficient (Wildman–Crippen LogP) is 2.71. The average molecular weight is 448 g/mol. The number of ether oxygens (including phenoxy) is 1. The van der Waals surface area contributed by atoms with Gasteiger partial charge in [0.15, 0.2) is 0 Å². The van der Waals surface area contributed by atoms with Crippen LogP contribution in [0.25, 0.3) is 0 Å². The summed E-state index contributed by atoms with van der Waals surface area (Å²) in [6, 6.07) is 9.83. The number of hydrogen-bond acceptors (Lipinski definition) is 5. The van der Waals surface area contributed by atoms with Gasteiger partial charge in [-0.1, -0.05) is 32.0 Å². The van der Waals surface area contributed by atoms with Crippen molar-refractivity contribution in [3.8, 4) is 5.75 Å². The van der Waals surface area contributed by atoms with Crippen LogP contribution in [0.3, 0.4) is 0 Å². The molecule has 0 fully saturated rings. The van der Waals surface area contributed by atoms with Crippen molar-refractivity contribution in [2.45, 2.75) is 32.6 Å². The van der Waals surface area contributed by atoms with Crippen LogP contribution < -0.4 is 15.4 Å². The molecule has 168 valence electrons. The first-order chi connectivity index (χ1) is 14.6. The van der Waals surface area contributed by atoms with Crippen LogP contribution in [0.4, 0.5) is 5.69 Å². The van der Waals surface area contributed by atoms with E-state index in [-0.39, 0.29) is 41.7 Å². The predicted molar refractivity (Wildman–Crippen MR) is 120 cm³/mol. The average Bonchev–Trinajstić information content (AvgIpc) is 2.74. The number of rotatable bonds is 9. The molecular weight excluding hydrogens is 418 g/mol. The molecule has 2 aromatic carbocycles. The Balaban J connectivity index is 2.18. The van der Waals surface area contributed by atoms with E-state index in [2.05, 4.69) is 10.6 Å². The first-order valence-corrected chi connectivity index (χ1v) is 11.4. The van der Waals surface area contributed by atoms with Crippen molar-refractivity contribution in [1.29, 1.82) is 0 Å². The second-order valence-electron chi connectivity index (χ2n) is 6.95. The van der Waals surface area contributed by atoms with E-state index in [9.17, 15) is 18.0 Å². The number of methoxy groups -OCH3 is 1. The Morgan fingerprint density at radius 2 is 1.65 bits per heavy atom. The quantitative estimate of drug-likeness (QED) is 0.615. The fraction of sp³-hybridized carbons (Fsp3) is 0.364. The SMILES string of the molecule is CCN(CC)S(=O)(=O)c1cc(C(=O)NCC(=O)Nc2c(C)cccc2C)ccc1OC. The number of carbonyl (C=O) groups excluding carboxylic acids is 2. The van der Waals surface area contributed by atoms with Crippen molar-refractivity contribution in [2.75, 3.05) is 32.1 Å². The van der Waals surface area contributed by atoms with Gasteiger partial charge in [-0.2, -0.15) is 4.31 Å². The number of amides is 2. The molecule has 0 aliphatic carbocycles.